The average molecular weight is 436 g/mol. The molecule has 158 valence electrons. The Hall–Kier alpha value is -2.68. The number of tetrazole rings is 1. The van der Waals surface area contributed by atoms with Crippen LogP contribution < -0.4 is 5.32 Å². The Balaban J connectivity index is 0.000000298. The molecule has 1 amide bonds. The highest BCUT2D eigenvalue weighted by Crippen LogP contribution is 2.44. The number of thioether (sulfide) groups is 1. The number of hydrogen-bond acceptors (Lipinski definition) is 8. The summed E-state index contributed by atoms with van der Waals surface area (Å²) >= 11 is 1.38. The van der Waals surface area contributed by atoms with Gasteiger partial charge in [-0.1, -0.05) is 11.8 Å². The smallest absolute Gasteiger partial charge is 0.477 e. The van der Waals surface area contributed by atoms with Crippen LogP contribution in [-0.4, -0.2) is 83.7 Å². The highest BCUT2D eigenvalue weighted by atomic mass is 32.2. The van der Waals surface area contributed by atoms with Crippen molar-refractivity contribution in [3.05, 3.63) is 11.3 Å². The minimum atomic E-state index is -5.08. The lowest BCUT2D eigenvalue weighted by Gasteiger charge is -2.48. The summed E-state index contributed by atoms with van der Waals surface area (Å²) in [5.41, 5.74) is 0.922. The van der Waals surface area contributed by atoms with Crippen molar-refractivity contribution in [3.8, 4) is 0 Å². The lowest BCUT2D eigenvalue weighted by molar-refractivity contribution is -0.192. The predicted octanol–water partition coefficient (Wildman–Crippen LogP) is -0.523. The number of alkyl halides is 3. The van der Waals surface area contributed by atoms with Crippen LogP contribution in [0.1, 0.15) is 6.42 Å². The number of aromatic nitrogens is 4. The largest absolute Gasteiger partial charge is 0.490 e. The third kappa shape index (κ3) is 3.91. The van der Waals surface area contributed by atoms with Crippen LogP contribution in [-0.2, 0) is 21.4 Å². The molecular formula is C14H15F3N6O5S. The number of nitrogens with zero attached hydrogens (tertiary/aromatic N) is 5. The maximum absolute atomic E-state index is 12.1. The normalized spacial score (nSPS) is 25.2. The molecule has 4 rings (SSSR count). The molecule has 4 heterocycles. The second kappa shape index (κ2) is 7.62. The van der Waals surface area contributed by atoms with Crippen LogP contribution in [0.2, 0.25) is 0 Å². The van der Waals surface area contributed by atoms with Crippen molar-refractivity contribution >= 4 is 29.6 Å². The molecular weight excluding hydrogens is 421 g/mol. The van der Waals surface area contributed by atoms with Gasteiger partial charge in [-0.05, 0) is 28.3 Å². The maximum Gasteiger partial charge on any atom is 0.490 e. The van der Waals surface area contributed by atoms with E-state index < -0.39 is 18.1 Å². The third-order valence-corrected chi connectivity index (χ3v) is 5.81. The summed E-state index contributed by atoms with van der Waals surface area (Å²) in [6.45, 7) is 0.754. The number of nitrogens with one attached hydrogen (secondary N) is 1. The molecule has 2 saturated heterocycles. The van der Waals surface area contributed by atoms with Gasteiger partial charge in [-0.25, -0.2) is 14.3 Å². The number of carboxylic acid groups (broad SMARTS) is 2. The third-order valence-electron chi connectivity index (χ3n) is 4.71. The van der Waals surface area contributed by atoms with E-state index in [1.165, 1.54) is 16.7 Å². The van der Waals surface area contributed by atoms with E-state index in [0.717, 1.165) is 12.1 Å². The molecule has 15 heteroatoms. The van der Waals surface area contributed by atoms with E-state index in [2.05, 4.69) is 20.8 Å². The molecule has 3 aliphatic heterocycles. The SMILES string of the molecule is Cn1nnnc1SCC1=C(C(=O)O)N2C(=O)[C@H]3NC[C@@H](C1)[C@H]32.O=C(O)C(F)(F)F. The van der Waals surface area contributed by atoms with Crippen molar-refractivity contribution in [2.75, 3.05) is 12.3 Å². The number of rotatable bonds is 4. The van der Waals surface area contributed by atoms with Crippen molar-refractivity contribution < 1.29 is 37.8 Å². The predicted molar refractivity (Wildman–Crippen MR) is 88.4 cm³/mol. The maximum atomic E-state index is 12.1. The number of aryl methyl sites for hydroxylation is 1. The highest BCUT2D eigenvalue weighted by molar-refractivity contribution is 7.99. The van der Waals surface area contributed by atoms with Crippen LogP contribution >= 0.6 is 11.8 Å². The van der Waals surface area contributed by atoms with E-state index in [0.29, 0.717) is 23.2 Å². The first-order chi connectivity index (χ1) is 13.5. The summed E-state index contributed by atoms with van der Waals surface area (Å²) in [6, 6.07) is -0.194. The first-order valence-electron chi connectivity index (χ1n) is 8.19. The molecule has 0 aliphatic carbocycles. The second-order valence-corrected chi connectivity index (χ2v) is 7.43. The summed E-state index contributed by atoms with van der Waals surface area (Å²) in [4.78, 5) is 34.1. The summed E-state index contributed by atoms with van der Waals surface area (Å²) in [6.07, 6.45) is -4.39. The van der Waals surface area contributed by atoms with E-state index in [1.54, 1.807) is 11.7 Å². The van der Waals surface area contributed by atoms with Crippen molar-refractivity contribution in [2.24, 2.45) is 13.0 Å². The average Bonchev–Trinajstić information content (AvgIpc) is 3.22. The number of amides is 1. The van der Waals surface area contributed by atoms with Crippen LogP contribution in [0.5, 0.6) is 0 Å². The van der Waals surface area contributed by atoms with Crippen molar-refractivity contribution in [2.45, 2.75) is 29.8 Å². The van der Waals surface area contributed by atoms with Gasteiger partial charge in [0.25, 0.3) is 0 Å². The summed E-state index contributed by atoms with van der Waals surface area (Å²) in [7, 11) is 1.73. The van der Waals surface area contributed by atoms with Crippen LogP contribution in [0.25, 0.3) is 0 Å². The van der Waals surface area contributed by atoms with Crippen molar-refractivity contribution in [1.82, 2.24) is 30.4 Å². The highest BCUT2D eigenvalue weighted by Gasteiger charge is 2.59. The fourth-order valence-corrected chi connectivity index (χ4v) is 4.39. The standard InChI is InChI=1S/C12H14N6O3S.C2HF3O2/c1-17-12(14-15-16-17)22-4-6-2-5-3-13-7-8(5)18(10(7)19)9(6)11(20)21;3-2(4,5)1(6)7/h5,7-8,13H,2-4H2,1H3,(H,20,21);(H,6,7)/t5-,7+,8-;/m1./s1. The lowest BCUT2D eigenvalue weighted by Crippen LogP contribution is -2.68. The van der Waals surface area contributed by atoms with Gasteiger partial charge >= 0.3 is 18.1 Å². The Morgan fingerprint density at radius 3 is 2.52 bits per heavy atom. The number of carbonyl (C=O) groups is 3. The van der Waals surface area contributed by atoms with Gasteiger partial charge in [0, 0.05) is 19.3 Å². The Labute approximate surface area is 164 Å². The molecule has 29 heavy (non-hydrogen) atoms. The van der Waals surface area contributed by atoms with E-state index in [-0.39, 0.29) is 23.7 Å². The number of β-lactam (4-membered cyclic amide) rings is 1. The number of carboxylic acids is 2. The fraction of sp³-hybridized carbons (Fsp3) is 0.571. The second-order valence-electron chi connectivity index (χ2n) is 6.48. The molecule has 3 aliphatic rings. The molecule has 2 fully saturated rings. The number of hydrogen-bond donors (Lipinski definition) is 3. The molecule has 0 aromatic carbocycles. The van der Waals surface area contributed by atoms with Gasteiger partial charge in [0.1, 0.15) is 11.7 Å². The lowest BCUT2D eigenvalue weighted by atomic mass is 9.80. The summed E-state index contributed by atoms with van der Waals surface area (Å²) < 4.78 is 33.3. The van der Waals surface area contributed by atoms with E-state index >= 15 is 0 Å². The summed E-state index contributed by atoms with van der Waals surface area (Å²) in [5, 5.41) is 31.7. The first kappa shape index (κ1) is 21.0. The Morgan fingerprint density at radius 2 is 2.00 bits per heavy atom. The molecule has 11 nitrogen and oxygen atoms in total. The molecule has 0 saturated carbocycles. The number of halogens is 3. The molecule has 0 bridgehead atoms. The monoisotopic (exact) mass is 436 g/mol. The van der Waals surface area contributed by atoms with Gasteiger partial charge in [0.05, 0.1) is 6.04 Å². The van der Waals surface area contributed by atoms with Crippen molar-refractivity contribution in [3.63, 3.8) is 0 Å². The molecule has 0 unspecified atom stereocenters. The minimum absolute atomic E-state index is 0.00356. The van der Waals surface area contributed by atoms with Gasteiger partial charge in [0.15, 0.2) is 0 Å². The Morgan fingerprint density at radius 1 is 1.34 bits per heavy atom. The summed E-state index contributed by atoms with van der Waals surface area (Å²) in [5.74, 6) is -3.17. The van der Waals surface area contributed by atoms with Gasteiger partial charge in [-0.3, -0.25) is 9.69 Å². The Bertz CT molecular complexity index is 887. The molecule has 3 N–H and O–H groups in total. The molecule has 0 radical (unpaired) electrons. The van der Waals surface area contributed by atoms with Crippen LogP contribution in [0.3, 0.4) is 0 Å². The van der Waals surface area contributed by atoms with Gasteiger partial charge in [0.2, 0.25) is 11.1 Å². The molecule has 1 aromatic heterocycles. The molecule has 3 atom stereocenters. The molecule has 1 aromatic rings. The van der Waals surface area contributed by atoms with E-state index in [9.17, 15) is 27.9 Å². The quantitative estimate of drug-likeness (QED) is 0.415. The zero-order valence-corrected chi connectivity index (χ0v) is 15.6. The van der Waals surface area contributed by atoms with Gasteiger partial charge < -0.3 is 15.5 Å². The van der Waals surface area contributed by atoms with E-state index in [4.69, 9.17) is 9.90 Å². The van der Waals surface area contributed by atoms with Crippen molar-refractivity contribution in [1.29, 1.82) is 0 Å². The number of aliphatic carboxylic acids is 2. The fourth-order valence-electron chi connectivity index (χ4n) is 3.51. The minimum Gasteiger partial charge on any atom is -0.477 e. The molecule has 0 spiro atoms. The van der Waals surface area contributed by atoms with Gasteiger partial charge in [-0.2, -0.15) is 13.2 Å². The first-order valence-corrected chi connectivity index (χ1v) is 9.18. The van der Waals surface area contributed by atoms with E-state index in [1.807, 2.05) is 0 Å². The van der Waals surface area contributed by atoms with Gasteiger partial charge in [-0.15, -0.1) is 5.10 Å². The Kier molecular flexibility index (Phi) is 5.53. The zero-order chi connectivity index (χ0) is 21.5. The zero-order valence-electron chi connectivity index (χ0n) is 14.8. The van der Waals surface area contributed by atoms with Crippen LogP contribution in [0.15, 0.2) is 16.4 Å². The topological polar surface area (TPSA) is 151 Å². The number of carbonyl (C=O) groups excluding carboxylic acids is 1. The van der Waals surface area contributed by atoms with Crippen LogP contribution in [0.4, 0.5) is 13.2 Å². The van der Waals surface area contributed by atoms with Crippen LogP contribution in [0, 0.1) is 5.92 Å².